The molecular weight excluding hydrogens is 246 g/mol. The van der Waals surface area contributed by atoms with Gasteiger partial charge in [0.15, 0.2) is 0 Å². The molecule has 1 aromatic heterocycles. The quantitative estimate of drug-likeness (QED) is 0.657. The van der Waals surface area contributed by atoms with Crippen LogP contribution in [0.5, 0.6) is 0 Å². The molecule has 1 heterocycles. The van der Waals surface area contributed by atoms with E-state index in [4.69, 9.17) is 0 Å². The second-order valence-electron chi connectivity index (χ2n) is 4.44. The number of benzene rings is 1. The first kappa shape index (κ1) is 13.0. The summed E-state index contributed by atoms with van der Waals surface area (Å²) in [6.45, 7) is 4.35. The fraction of sp³-hybridized carbons (Fsp3) is 0.333. The second-order valence-corrected chi connectivity index (χ2v) is 4.44. The van der Waals surface area contributed by atoms with E-state index in [1.54, 1.807) is 23.1 Å². The van der Waals surface area contributed by atoms with Crippen LogP contribution in [0.4, 0.5) is 11.4 Å². The summed E-state index contributed by atoms with van der Waals surface area (Å²) in [6.07, 6.45) is 3.07. The third kappa shape index (κ3) is 3.27. The summed E-state index contributed by atoms with van der Waals surface area (Å²) in [5.41, 5.74) is 1.47. The van der Waals surface area contributed by atoms with Gasteiger partial charge >= 0.3 is 0 Å². The monoisotopic (exact) mass is 261 g/mol. The molecule has 1 unspecified atom stereocenters. The van der Waals surface area contributed by atoms with Crippen LogP contribution in [-0.4, -0.2) is 25.7 Å². The van der Waals surface area contributed by atoms with E-state index >= 15 is 0 Å². The van der Waals surface area contributed by atoms with Gasteiger partial charge in [-0.15, -0.1) is 0 Å². The summed E-state index contributed by atoms with van der Waals surface area (Å²) in [5, 5.41) is 18.1. The van der Waals surface area contributed by atoms with Crippen molar-refractivity contribution in [2.24, 2.45) is 0 Å². The van der Waals surface area contributed by atoms with Gasteiger partial charge in [-0.05, 0) is 25.5 Å². The summed E-state index contributed by atoms with van der Waals surface area (Å²) in [5.74, 6) is 0. The fourth-order valence-corrected chi connectivity index (χ4v) is 1.83. The van der Waals surface area contributed by atoms with Crippen LogP contribution in [0.15, 0.2) is 30.9 Å². The Hall–Kier alpha value is -2.44. The minimum absolute atomic E-state index is 0.00288. The lowest BCUT2D eigenvalue weighted by atomic mass is 10.2. The Balaban J connectivity index is 2.12. The zero-order valence-electron chi connectivity index (χ0n) is 10.8. The number of nitro groups is 1. The van der Waals surface area contributed by atoms with Crippen molar-refractivity contribution in [2.45, 2.75) is 26.4 Å². The van der Waals surface area contributed by atoms with Gasteiger partial charge in [0.1, 0.15) is 18.3 Å². The van der Waals surface area contributed by atoms with Crippen LogP contribution in [-0.2, 0) is 6.54 Å². The van der Waals surface area contributed by atoms with E-state index < -0.39 is 0 Å². The zero-order valence-corrected chi connectivity index (χ0v) is 10.8. The van der Waals surface area contributed by atoms with Crippen LogP contribution in [0.3, 0.4) is 0 Å². The van der Waals surface area contributed by atoms with Crippen molar-refractivity contribution in [1.29, 1.82) is 0 Å². The zero-order chi connectivity index (χ0) is 13.8. The molecule has 1 atom stereocenters. The predicted molar refractivity (Wildman–Crippen MR) is 70.9 cm³/mol. The number of rotatable bonds is 5. The molecule has 2 aromatic rings. The number of nitrogens with one attached hydrogen (secondary N) is 1. The number of nitrogens with zero attached hydrogens (tertiary/aromatic N) is 4. The highest BCUT2D eigenvalue weighted by Crippen LogP contribution is 2.25. The predicted octanol–water partition coefficient (Wildman–Crippen LogP) is 2.00. The fourth-order valence-electron chi connectivity index (χ4n) is 1.83. The summed E-state index contributed by atoms with van der Waals surface area (Å²) >= 11 is 0. The van der Waals surface area contributed by atoms with Gasteiger partial charge < -0.3 is 5.32 Å². The summed E-state index contributed by atoms with van der Waals surface area (Å²) < 4.78 is 1.68. The minimum atomic E-state index is -0.377. The van der Waals surface area contributed by atoms with E-state index in [2.05, 4.69) is 15.4 Å². The van der Waals surface area contributed by atoms with Gasteiger partial charge in [0.2, 0.25) is 0 Å². The van der Waals surface area contributed by atoms with Crippen LogP contribution in [0.1, 0.15) is 12.5 Å². The minimum Gasteiger partial charge on any atom is -0.375 e. The Morgan fingerprint density at radius 2 is 2.32 bits per heavy atom. The van der Waals surface area contributed by atoms with Gasteiger partial charge in [-0.1, -0.05) is 6.07 Å². The van der Waals surface area contributed by atoms with Crippen molar-refractivity contribution >= 4 is 11.4 Å². The molecule has 100 valence electrons. The molecule has 0 aliphatic rings. The topological polar surface area (TPSA) is 85.9 Å². The molecule has 19 heavy (non-hydrogen) atoms. The van der Waals surface area contributed by atoms with Crippen LogP contribution in [0.25, 0.3) is 0 Å². The largest absolute Gasteiger partial charge is 0.375 e. The lowest BCUT2D eigenvalue weighted by molar-refractivity contribution is -0.384. The number of anilines is 1. The molecule has 0 fully saturated rings. The Morgan fingerprint density at radius 1 is 1.53 bits per heavy atom. The van der Waals surface area contributed by atoms with Gasteiger partial charge in [0, 0.05) is 12.1 Å². The average molecular weight is 261 g/mol. The molecule has 0 amide bonds. The van der Waals surface area contributed by atoms with Gasteiger partial charge in [-0.2, -0.15) is 5.10 Å². The molecule has 0 aliphatic carbocycles. The molecule has 2 rings (SSSR count). The molecule has 0 bridgehead atoms. The first-order valence-electron chi connectivity index (χ1n) is 5.90. The molecular formula is C12H15N5O2. The molecule has 0 saturated carbocycles. The highest BCUT2D eigenvalue weighted by molar-refractivity contribution is 5.62. The van der Waals surface area contributed by atoms with Crippen molar-refractivity contribution in [3.8, 4) is 0 Å². The molecule has 0 radical (unpaired) electrons. The lowest BCUT2D eigenvalue weighted by Crippen LogP contribution is -2.22. The molecule has 1 N–H and O–H groups in total. The van der Waals surface area contributed by atoms with Crippen LogP contribution in [0.2, 0.25) is 0 Å². The smallest absolute Gasteiger partial charge is 0.292 e. The normalized spacial score (nSPS) is 12.1. The SMILES string of the molecule is Cc1ccc(NC(C)Cn2cncn2)c([N+](=O)[O-])c1. The number of nitro benzene ring substituents is 1. The first-order valence-corrected chi connectivity index (χ1v) is 5.90. The van der Waals surface area contributed by atoms with Crippen molar-refractivity contribution in [1.82, 2.24) is 14.8 Å². The van der Waals surface area contributed by atoms with Crippen LogP contribution < -0.4 is 5.32 Å². The van der Waals surface area contributed by atoms with Gasteiger partial charge in [-0.3, -0.25) is 14.8 Å². The third-order valence-electron chi connectivity index (χ3n) is 2.68. The molecule has 7 nitrogen and oxygen atoms in total. The van der Waals surface area contributed by atoms with Crippen molar-refractivity contribution in [2.75, 3.05) is 5.32 Å². The molecule has 0 aliphatic heterocycles. The Bertz CT molecular complexity index is 568. The van der Waals surface area contributed by atoms with Gasteiger partial charge in [0.25, 0.3) is 5.69 Å². The Morgan fingerprint density at radius 3 is 2.95 bits per heavy atom. The van der Waals surface area contributed by atoms with E-state index in [1.165, 1.54) is 6.33 Å². The number of hydrogen-bond donors (Lipinski definition) is 1. The standard InChI is InChI=1S/C12H15N5O2/c1-9-3-4-11(12(5-9)17(18)19)15-10(2)6-16-8-13-7-14-16/h3-5,7-8,10,15H,6H2,1-2H3. The van der Waals surface area contributed by atoms with E-state index in [1.807, 2.05) is 19.9 Å². The van der Waals surface area contributed by atoms with Gasteiger partial charge in [0.05, 0.1) is 11.5 Å². The maximum atomic E-state index is 11.0. The van der Waals surface area contributed by atoms with Gasteiger partial charge in [-0.25, -0.2) is 4.98 Å². The molecule has 1 aromatic carbocycles. The highest BCUT2D eigenvalue weighted by atomic mass is 16.6. The van der Waals surface area contributed by atoms with E-state index in [-0.39, 0.29) is 16.7 Å². The van der Waals surface area contributed by atoms with E-state index in [9.17, 15) is 10.1 Å². The highest BCUT2D eigenvalue weighted by Gasteiger charge is 2.15. The van der Waals surface area contributed by atoms with E-state index in [0.29, 0.717) is 12.2 Å². The molecule has 0 spiro atoms. The lowest BCUT2D eigenvalue weighted by Gasteiger charge is -2.15. The van der Waals surface area contributed by atoms with E-state index in [0.717, 1.165) is 5.56 Å². The number of aromatic nitrogens is 3. The summed E-state index contributed by atoms with van der Waals surface area (Å²) in [4.78, 5) is 14.5. The first-order chi connectivity index (χ1) is 9.06. The van der Waals surface area contributed by atoms with Crippen LogP contribution >= 0.6 is 0 Å². The van der Waals surface area contributed by atoms with Crippen molar-refractivity contribution < 1.29 is 4.92 Å². The van der Waals surface area contributed by atoms with Crippen molar-refractivity contribution in [3.05, 3.63) is 46.5 Å². The maximum Gasteiger partial charge on any atom is 0.292 e. The molecule has 0 saturated heterocycles. The van der Waals surface area contributed by atoms with Crippen molar-refractivity contribution in [3.63, 3.8) is 0 Å². The Kier molecular flexibility index (Phi) is 3.74. The Labute approximate surface area is 110 Å². The maximum absolute atomic E-state index is 11.0. The summed E-state index contributed by atoms with van der Waals surface area (Å²) in [7, 11) is 0. The second kappa shape index (κ2) is 5.47. The number of hydrogen-bond acceptors (Lipinski definition) is 5. The number of aryl methyl sites for hydroxylation is 1. The summed E-state index contributed by atoms with van der Waals surface area (Å²) in [6, 6.07) is 5.14. The van der Waals surface area contributed by atoms with Crippen LogP contribution in [0, 0.1) is 17.0 Å². The average Bonchev–Trinajstić information content (AvgIpc) is 2.83. The molecule has 7 heteroatoms. The third-order valence-corrected chi connectivity index (χ3v) is 2.68.